The molecule has 1 aromatic heterocycles. The van der Waals surface area contributed by atoms with Gasteiger partial charge in [0.25, 0.3) is 0 Å². The second-order valence-electron chi connectivity index (χ2n) is 3.47. The molecule has 4 nitrogen and oxygen atoms in total. The highest BCUT2D eigenvalue weighted by atomic mass is 35.5. The van der Waals surface area contributed by atoms with E-state index in [0.29, 0.717) is 11.7 Å². The van der Waals surface area contributed by atoms with Gasteiger partial charge in [0.2, 0.25) is 5.91 Å². The summed E-state index contributed by atoms with van der Waals surface area (Å²) in [6.45, 7) is 5.71. The molecular weight excluding hydrogens is 202 g/mol. The van der Waals surface area contributed by atoms with E-state index >= 15 is 0 Å². The minimum atomic E-state index is -0.547. The van der Waals surface area contributed by atoms with Crippen LogP contribution >= 0.6 is 11.6 Å². The van der Waals surface area contributed by atoms with Gasteiger partial charge >= 0.3 is 0 Å². The van der Waals surface area contributed by atoms with E-state index in [2.05, 4.69) is 15.5 Å². The summed E-state index contributed by atoms with van der Waals surface area (Å²) in [5.74, 6) is 0.640. The number of nitrogens with one attached hydrogen (secondary N) is 2. The Labute approximate surface area is 88.0 Å². The molecule has 0 aromatic carbocycles. The van der Waals surface area contributed by atoms with Crippen LogP contribution in [0.3, 0.4) is 0 Å². The molecule has 0 saturated carbocycles. The number of alkyl halides is 1. The number of hydrogen-bond acceptors (Lipinski definition) is 2. The van der Waals surface area contributed by atoms with Gasteiger partial charge in [-0.3, -0.25) is 9.89 Å². The maximum Gasteiger partial charge on any atom is 0.243 e. The summed E-state index contributed by atoms with van der Waals surface area (Å²) in [5, 5.41) is 8.84. The molecule has 0 aliphatic heterocycles. The SMILES string of the molecule is CC(Cl)C(=O)Nc1cc(C(C)C)[nH]n1. The molecular formula is C9H14ClN3O. The van der Waals surface area contributed by atoms with E-state index in [0.717, 1.165) is 5.69 Å². The van der Waals surface area contributed by atoms with Crippen LogP contribution in [-0.4, -0.2) is 21.5 Å². The third kappa shape index (κ3) is 2.73. The molecule has 78 valence electrons. The zero-order valence-corrected chi connectivity index (χ0v) is 9.22. The number of halogens is 1. The van der Waals surface area contributed by atoms with Crippen LogP contribution in [-0.2, 0) is 4.79 Å². The second kappa shape index (κ2) is 4.46. The van der Waals surface area contributed by atoms with Gasteiger partial charge in [0.15, 0.2) is 5.82 Å². The lowest BCUT2D eigenvalue weighted by Gasteiger charge is -2.01. The molecule has 0 spiro atoms. The van der Waals surface area contributed by atoms with E-state index in [9.17, 15) is 4.79 Å². The fourth-order valence-corrected chi connectivity index (χ4v) is 0.977. The quantitative estimate of drug-likeness (QED) is 0.759. The Morgan fingerprint density at radius 1 is 1.57 bits per heavy atom. The molecule has 5 heteroatoms. The fraction of sp³-hybridized carbons (Fsp3) is 0.556. The van der Waals surface area contributed by atoms with Gasteiger partial charge < -0.3 is 5.32 Å². The van der Waals surface area contributed by atoms with Crippen molar-refractivity contribution in [3.63, 3.8) is 0 Å². The van der Waals surface area contributed by atoms with Gasteiger partial charge in [-0.05, 0) is 12.8 Å². The number of anilines is 1. The van der Waals surface area contributed by atoms with Crippen molar-refractivity contribution in [3.05, 3.63) is 11.8 Å². The van der Waals surface area contributed by atoms with Crippen LogP contribution in [0.5, 0.6) is 0 Å². The molecule has 1 rings (SSSR count). The van der Waals surface area contributed by atoms with E-state index in [1.54, 1.807) is 6.92 Å². The van der Waals surface area contributed by atoms with E-state index in [1.165, 1.54) is 0 Å². The fourth-order valence-electron chi connectivity index (χ4n) is 0.922. The second-order valence-corrected chi connectivity index (χ2v) is 4.12. The van der Waals surface area contributed by atoms with Crippen LogP contribution in [0, 0.1) is 0 Å². The van der Waals surface area contributed by atoms with Crippen LogP contribution < -0.4 is 5.32 Å². The van der Waals surface area contributed by atoms with Crippen molar-refractivity contribution in [3.8, 4) is 0 Å². The Morgan fingerprint density at radius 3 is 2.64 bits per heavy atom. The molecule has 0 fully saturated rings. The standard InChI is InChI=1S/C9H14ClN3O/c1-5(2)7-4-8(13-12-7)11-9(14)6(3)10/h4-6H,1-3H3,(H2,11,12,13,14). The van der Waals surface area contributed by atoms with E-state index < -0.39 is 5.38 Å². The first-order valence-corrected chi connectivity index (χ1v) is 4.94. The van der Waals surface area contributed by atoms with Crippen LogP contribution in [0.25, 0.3) is 0 Å². The topological polar surface area (TPSA) is 57.8 Å². The molecule has 0 saturated heterocycles. The molecule has 14 heavy (non-hydrogen) atoms. The van der Waals surface area contributed by atoms with Gasteiger partial charge in [-0.2, -0.15) is 5.10 Å². The van der Waals surface area contributed by atoms with Crippen LogP contribution in [0.1, 0.15) is 32.4 Å². The first-order valence-electron chi connectivity index (χ1n) is 4.51. The third-order valence-corrected chi connectivity index (χ3v) is 2.03. The first kappa shape index (κ1) is 11.0. The Morgan fingerprint density at radius 2 is 2.21 bits per heavy atom. The van der Waals surface area contributed by atoms with Crippen molar-refractivity contribution in [1.29, 1.82) is 0 Å². The number of aromatic nitrogens is 2. The van der Waals surface area contributed by atoms with Crippen LogP contribution in [0.15, 0.2) is 6.07 Å². The number of amides is 1. The Balaban J connectivity index is 2.64. The van der Waals surface area contributed by atoms with Gasteiger partial charge in [-0.1, -0.05) is 13.8 Å². The maximum absolute atomic E-state index is 11.2. The number of H-pyrrole nitrogens is 1. The summed E-state index contributed by atoms with van der Waals surface area (Å²) in [7, 11) is 0. The van der Waals surface area contributed by atoms with E-state index in [4.69, 9.17) is 11.6 Å². The summed E-state index contributed by atoms with van der Waals surface area (Å²) < 4.78 is 0. The lowest BCUT2D eigenvalue weighted by Crippen LogP contribution is -2.20. The number of nitrogens with zero attached hydrogens (tertiary/aromatic N) is 1. The molecule has 1 heterocycles. The lowest BCUT2D eigenvalue weighted by atomic mass is 10.1. The average Bonchev–Trinajstić information content (AvgIpc) is 2.52. The molecule has 1 amide bonds. The third-order valence-electron chi connectivity index (χ3n) is 1.83. The molecule has 1 atom stereocenters. The smallest absolute Gasteiger partial charge is 0.243 e. The number of aromatic amines is 1. The predicted molar refractivity (Wildman–Crippen MR) is 56.6 cm³/mol. The number of carbonyl (C=O) groups excluding carboxylic acids is 1. The highest BCUT2D eigenvalue weighted by molar-refractivity contribution is 6.32. The van der Waals surface area contributed by atoms with Gasteiger partial charge in [-0.15, -0.1) is 11.6 Å². The molecule has 0 radical (unpaired) electrons. The van der Waals surface area contributed by atoms with Gasteiger partial charge in [0.05, 0.1) is 0 Å². The molecule has 2 N–H and O–H groups in total. The van der Waals surface area contributed by atoms with Crippen LogP contribution in [0.2, 0.25) is 0 Å². The normalized spacial score (nSPS) is 12.9. The zero-order valence-electron chi connectivity index (χ0n) is 8.47. The largest absolute Gasteiger partial charge is 0.308 e. The summed E-state index contributed by atoms with van der Waals surface area (Å²) in [4.78, 5) is 11.2. The van der Waals surface area contributed by atoms with Crippen molar-refractivity contribution in [1.82, 2.24) is 10.2 Å². The number of rotatable bonds is 3. The van der Waals surface area contributed by atoms with Gasteiger partial charge in [0.1, 0.15) is 5.38 Å². The number of hydrogen-bond donors (Lipinski definition) is 2. The summed E-state index contributed by atoms with van der Waals surface area (Å²) >= 11 is 5.60. The van der Waals surface area contributed by atoms with Crippen molar-refractivity contribution < 1.29 is 4.79 Å². The van der Waals surface area contributed by atoms with Gasteiger partial charge in [0, 0.05) is 11.8 Å². The minimum Gasteiger partial charge on any atom is -0.308 e. The molecule has 1 unspecified atom stereocenters. The van der Waals surface area contributed by atoms with Gasteiger partial charge in [-0.25, -0.2) is 0 Å². The summed E-state index contributed by atoms with van der Waals surface area (Å²) in [5.41, 5.74) is 0.988. The number of carbonyl (C=O) groups is 1. The van der Waals surface area contributed by atoms with Crippen molar-refractivity contribution in [2.24, 2.45) is 0 Å². The van der Waals surface area contributed by atoms with E-state index in [1.807, 2.05) is 19.9 Å². The predicted octanol–water partition coefficient (Wildman–Crippen LogP) is 2.10. The minimum absolute atomic E-state index is 0.242. The molecule has 0 aliphatic carbocycles. The first-order chi connectivity index (χ1) is 6.50. The Bertz CT molecular complexity index is 320. The monoisotopic (exact) mass is 215 g/mol. The lowest BCUT2D eigenvalue weighted by molar-refractivity contribution is -0.115. The summed E-state index contributed by atoms with van der Waals surface area (Å²) in [6, 6.07) is 1.81. The zero-order chi connectivity index (χ0) is 10.7. The molecule has 1 aromatic rings. The Hall–Kier alpha value is -1.03. The van der Waals surface area contributed by atoms with E-state index in [-0.39, 0.29) is 5.91 Å². The summed E-state index contributed by atoms with van der Waals surface area (Å²) in [6.07, 6.45) is 0. The Kier molecular flexibility index (Phi) is 3.52. The van der Waals surface area contributed by atoms with Crippen molar-refractivity contribution >= 4 is 23.3 Å². The van der Waals surface area contributed by atoms with Crippen LogP contribution in [0.4, 0.5) is 5.82 Å². The highest BCUT2D eigenvalue weighted by Crippen LogP contribution is 2.15. The molecule has 0 bridgehead atoms. The highest BCUT2D eigenvalue weighted by Gasteiger charge is 2.11. The average molecular weight is 216 g/mol. The van der Waals surface area contributed by atoms with Crippen molar-refractivity contribution in [2.75, 3.05) is 5.32 Å². The van der Waals surface area contributed by atoms with Crippen molar-refractivity contribution in [2.45, 2.75) is 32.1 Å². The maximum atomic E-state index is 11.2. The molecule has 0 aliphatic rings.